The highest BCUT2D eigenvalue weighted by atomic mass is 16.2. The molecule has 126 valence electrons. The zero-order chi connectivity index (χ0) is 17.4. The van der Waals surface area contributed by atoms with Gasteiger partial charge in [-0.2, -0.15) is 5.10 Å². The number of nitrogens with one attached hydrogen (secondary N) is 1. The molecule has 0 aromatic carbocycles. The monoisotopic (exact) mass is 333 g/mol. The molecule has 6 heteroatoms. The van der Waals surface area contributed by atoms with E-state index >= 15 is 0 Å². The fraction of sp³-hybridized carbons (Fsp3) is 0.263. The van der Waals surface area contributed by atoms with Gasteiger partial charge < -0.3 is 5.32 Å². The van der Waals surface area contributed by atoms with Crippen molar-refractivity contribution in [2.24, 2.45) is 0 Å². The first-order valence-corrected chi connectivity index (χ1v) is 8.46. The van der Waals surface area contributed by atoms with Crippen LogP contribution in [0.5, 0.6) is 0 Å². The summed E-state index contributed by atoms with van der Waals surface area (Å²) in [6.07, 6.45) is 3.45. The number of fused-ring (bicyclic) bond motifs is 3. The van der Waals surface area contributed by atoms with Gasteiger partial charge in [-0.1, -0.05) is 12.1 Å². The Morgan fingerprint density at radius 1 is 1.24 bits per heavy atom. The Morgan fingerprint density at radius 3 is 2.92 bits per heavy atom. The first-order valence-electron chi connectivity index (χ1n) is 8.46. The Balaban J connectivity index is 1.75. The van der Waals surface area contributed by atoms with Gasteiger partial charge in [0.25, 0.3) is 5.91 Å². The van der Waals surface area contributed by atoms with Gasteiger partial charge in [0, 0.05) is 24.0 Å². The molecule has 0 bridgehead atoms. The molecule has 25 heavy (non-hydrogen) atoms. The molecule has 4 rings (SSSR count). The molecular weight excluding hydrogens is 314 g/mol. The topological polar surface area (TPSA) is 72.7 Å². The fourth-order valence-corrected chi connectivity index (χ4v) is 3.31. The first kappa shape index (κ1) is 15.5. The summed E-state index contributed by atoms with van der Waals surface area (Å²) in [6, 6.07) is 9.59. The van der Waals surface area contributed by atoms with E-state index in [1.165, 1.54) is 5.56 Å². The lowest BCUT2D eigenvalue weighted by molar-refractivity contribution is 0.102. The van der Waals surface area contributed by atoms with Gasteiger partial charge in [-0.05, 0) is 50.5 Å². The van der Waals surface area contributed by atoms with E-state index in [4.69, 9.17) is 0 Å². The number of aryl methyl sites for hydroxylation is 3. The fourth-order valence-electron chi connectivity index (χ4n) is 3.31. The van der Waals surface area contributed by atoms with Crippen molar-refractivity contribution in [3.8, 4) is 11.4 Å². The second-order valence-corrected chi connectivity index (χ2v) is 6.12. The molecule has 3 aromatic heterocycles. The highest BCUT2D eigenvalue weighted by Gasteiger charge is 2.28. The Morgan fingerprint density at radius 2 is 2.12 bits per heavy atom. The van der Waals surface area contributed by atoms with E-state index < -0.39 is 0 Å². The van der Waals surface area contributed by atoms with Crippen LogP contribution in [-0.4, -0.2) is 25.7 Å². The van der Waals surface area contributed by atoms with Crippen LogP contribution in [0.3, 0.4) is 0 Å². The third-order valence-corrected chi connectivity index (χ3v) is 4.45. The minimum Gasteiger partial charge on any atom is -0.305 e. The molecule has 0 saturated heterocycles. The van der Waals surface area contributed by atoms with Crippen molar-refractivity contribution in [2.45, 2.75) is 33.2 Å². The van der Waals surface area contributed by atoms with E-state index in [1.807, 2.05) is 36.7 Å². The number of aromatic nitrogens is 4. The summed E-state index contributed by atoms with van der Waals surface area (Å²) in [7, 11) is 0. The van der Waals surface area contributed by atoms with E-state index in [0.717, 1.165) is 35.5 Å². The van der Waals surface area contributed by atoms with Crippen molar-refractivity contribution < 1.29 is 4.79 Å². The number of rotatable bonds is 3. The molecule has 3 aromatic rings. The number of hydrogen-bond acceptors (Lipinski definition) is 4. The molecule has 0 radical (unpaired) electrons. The molecule has 0 spiro atoms. The van der Waals surface area contributed by atoms with Crippen molar-refractivity contribution in [1.29, 1.82) is 0 Å². The molecule has 1 aliphatic rings. The lowest BCUT2D eigenvalue weighted by Gasteiger charge is -2.17. The molecule has 0 unspecified atom stereocenters. The van der Waals surface area contributed by atoms with E-state index in [9.17, 15) is 4.79 Å². The Kier molecular flexibility index (Phi) is 3.80. The van der Waals surface area contributed by atoms with E-state index in [1.54, 1.807) is 12.3 Å². The van der Waals surface area contributed by atoms with Crippen molar-refractivity contribution in [3.05, 3.63) is 59.0 Å². The quantitative estimate of drug-likeness (QED) is 0.799. The van der Waals surface area contributed by atoms with Crippen molar-refractivity contribution in [1.82, 2.24) is 19.7 Å². The van der Waals surface area contributed by atoms with E-state index in [2.05, 4.69) is 26.4 Å². The summed E-state index contributed by atoms with van der Waals surface area (Å²) in [6.45, 7) is 4.61. The molecule has 0 atom stereocenters. The van der Waals surface area contributed by atoms with Crippen molar-refractivity contribution in [3.63, 3.8) is 0 Å². The maximum Gasteiger partial charge on any atom is 0.277 e. The minimum absolute atomic E-state index is 0.221. The lowest BCUT2D eigenvalue weighted by atomic mass is 9.92. The smallest absolute Gasteiger partial charge is 0.277 e. The van der Waals surface area contributed by atoms with Crippen LogP contribution in [0.2, 0.25) is 0 Å². The van der Waals surface area contributed by atoms with Crippen LogP contribution < -0.4 is 5.32 Å². The predicted molar refractivity (Wildman–Crippen MR) is 95.5 cm³/mol. The molecule has 1 N–H and O–H groups in total. The third-order valence-electron chi connectivity index (χ3n) is 4.45. The van der Waals surface area contributed by atoms with Crippen LogP contribution in [-0.2, 0) is 19.4 Å². The Labute approximate surface area is 145 Å². The van der Waals surface area contributed by atoms with E-state index in [-0.39, 0.29) is 5.91 Å². The maximum atomic E-state index is 12.8. The van der Waals surface area contributed by atoms with Crippen LogP contribution in [0.1, 0.15) is 34.2 Å². The van der Waals surface area contributed by atoms with Crippen LogP contribution in [0.25, 0.3) is 11.4 Å². The third kappa shape index (κ3) is 2.69. The first-order chi connectivity index (χ1) is 12.2. The zero-order valence-corrected chi connectivity index (χ0v) is 14.3. The highest BCUT2D eigenvalue weighted by Crippen LogP contribution is 2.34. The second kappa shape index (κ2) is 6.12. The van der Waals surface area contributed by atoms with Crippen molar-refractivity contribution in [2.75, 3.05) is 5.32 Å². The Hall–Kier alpha value is -3.02. The van der Waals surface area contributed by atoms with Gasteiger partial charge in [0.1, 0.15) is 5.82 Å². The number of hydrogen-bond donors (Lipinski definition) is 1. The van der Waals surface area contributed by atoms with Crippen LogP contribution in [0.15, 0.2) is 36.5 Å². The number of amides is 1. The predicted octanol–water partition coefficient (Wildman–Crippen LogP) is 3.02. The standard InChI is InChI=1S/C19H19N5O/c1-3-24-18-14(10-9-13-7-5-11-20-16(13)18)17(23-24)19(25)22-15-8-4-6-12(2)21-15/h4-8,11H,3,9-10H2,1-2H3,(H,21,22,25). The maximum absolute atomic E-state index is 12.8. The average molecular weight is 333 g/mol. The summed E-state index contributed by atoms with van der Waals surface area (Å²) in [5, 5.41) is 7.43. The second-order valence-electron chi connectivity index (χ2n) is 6.12. The van der Waals surface area contributed by atoms with Gasteiger partial charge in [0.05, 0.1) is 11.4 Å². The zero-order valence-electron chi connectivity index (χ0n) is 14.3. The number of pyridine rings is 2. The number of carbonyl (C=O) groups excluding carboxylic acids is 1. The molecule has 1 aliphatic carbocycles. The number of nitrogens with zero attached hydrogens (tertiary/aromatic N) is 4. The van der Waals surface area contributed by atoms with Gasteiger partial charge in [-0.25, -0.2) is 4.98 Å². The van der Waals surface area contributed by atoms with Gasteiger partial charge in [0.2, 0.25) is 0 Å². The van der Waals surface area contributed by atoms with Crippen LogP contribution >= 0.6 is 0 Å². The van der Waals surface area contributed by atoms with Gasteiger partial charge >= 0.3 is 0 Å². The average Bonchev–Trinajstić information content (AvgIpc) is 3.01. The van der Waals surface area contributed by atoms with Gasteiger partial charge in [-0.15, -0.1) is 0 Å². The summed E-state index contributed by atoms with van der Waals surface area (Å²) < 4.78 is 1.87. The van der Waals surface area contributed by atoms with Crippen LogP contribution in [0, 0.1) is 6.92 Å². The molecule has 0 fully saturated rings. The lowest BCUT2D eigenvalue weighted by Crippen LogP contribution is -2.16. The summed E-state index contributed by atoms with van der Waals surface area (Å²) in [5.41, 5.74) is 5.40. The normalized spacial score (nSPS) is 12.4. The Bertz CT molecular complexity index is 960. The summed E-state index contributed by atoms with van der Waals surface area (Å²) in [4.78, 5) is 21.7. The molecule has 3 heterocycles. The van der Waals surface area contributed by atoms with Crippen molar-refractivity contribution >= 4 is 11.7 Å². The molecule has 0 saturated carbocycles. The molecule has 0 aliphatic heterocycles. The van der Waals surface area contributed by atoms with Crippen LogP contribution in [0.4, 0.5) is 5.82 Å². The molecule has 1 amide bonds. The molecule has 6 nitrogen and oxygen atoms in total. The minimum atomic E-state index is -0.221. The number of anilines is 1. The summed E-state index contributed by atoms with van der Waals surface area (Å²) in [5.74, 6) is 0.320. The SMILES string of the molecule is CCn1nc(C(=O)Nc2cccc(C)n2)c2c1-c1ncccc1CC2. The largest absolute Gasteiger partial charge is 0.305 e. The summed E-state index contributed by atoms with van der Waals surface area (Å²) >= 11 is 0. The molecular formula is C19H19N5O. The van der Waals surface area contributed by atoms with Gasteiger partial charge in [-0.3, -0.25) is 14.5 Å². The highest BCUT2D eigenvalue weighted by molar-refractivity contribution is 6.04. The van der Waals surface area contributed by atoms with E-state index in [0.29, 0.717) is 18.1 Å². The number of carbonyl (C=O) groups is 1. The van der Waals surface area contributed by atoms with Gasteiger partial charge in [0.15, 0.2) is 5.69 Å².